The maximum absolute atomic E-state index is 13.1. The molecule has 0 aliphatic heterocycles. The number of nitrogens with one attached hydrogen (secondary N) is 1. The van der Waals surface area contributed by atoms with Crippen LogP contribution in [0.1, 0.15) is 72.2 Å². The minimum Gasteiger partial charge on any atom is -0.465 e. The predicted molar refractivity (Wildman–Crippen MR) is 114 cm³/mol. The molecule has 0 saturated heterocycles. The number of benzene rings is 1. The molecule has 1 N–H and O–H groups in total. The van der Waals surface area contributed by atoms with Gasteiger partial charge in [-0.25, -0.2) is 0 Å². The molecule has 4 nitrogen and oxygen atoms in total. The molecule has 0 spiro atoms. The van der Waals surface area contributed by atoms with E-state index in [0.29, 0.717) is 23.5 Å². The summed E-state index contributed by atoms with van der Waals surface area (Å²) in [6, 6.07) is 4.02. The van der Waals surface area contributed by atoms with Crippen molar-refractivity contribution in [3.8, 4) is 0 Å². The highest BCUT2D eigenvalue weighted by molar-refractivity contribution is 9.10. The van der Waals surface area contributed by atoms with Crippen molar-refractivity contribution >= 4 is 27.5 Å². The van der Waals surface area contributed by atoms with Crippen LogP contribution in [0.4, 0.5) is 5.69 Å². The fourth-order valence-corrected chi connectivity index (χ4v) is 3.70. The van der Waals surface area contributed by atoms with E-state index >= 15 is 0 Å². The second kappa shape index (κ2) is 9.36. The highest BCUT2D eigenvalue weighted by Gasteiger charge is 2.22. The van der Waals surface area contributed by atoms with Gasteiger partial charge in [-0.05, 0) is 56.4 Å². The predicted octanol–water partition coefficient (Wildman–Crippen LogP) is 5.74. The first-order valence-corrected chi connectivity index (χ1v) is 10.4. The average Bonchev–Trinajstić information content (AvgIpc) is 2.65. The lowest BCUT2D eigenvalue weighted by Crippen LogP contribution is -2.26. The molecular formula is C22H28BrNO3. The summed E-state index contributed by atoms with van der Waals surface area (Å²) in [5, 5.41) is 3.01. The molecule has 1 aromatic carbocycles. The van der Waals surface area contributed by atoms with Crippen LogP contribution >= 0.6 is 15.9 Å². The zero-order valence-electron chi connectivity index (χ0n) is 16.8. The van der Waals surface area contributed by atoms with Crippen LogP contribution in [0.5, 0.6) is 0 Å². The van der Waals surface area contributed by atoms with Gasteiger partial charge in [-0.3, -0.25) is 9.59 Å². The molecule has 27 heavy (non-hydrogen) atoms. The van der Waals surface area contributed by atoms with Gasteiger partial charge in [-0.15, -0.1) is 0 Å². The van der Waals surface area contributed by atoms with E-state index in [-0.39, 0.29) is 16.9 Å². The molecule has 0 aliphatic carbocycles. The molecule has 0 unspecified atom stereocenters. The van der Waals surface area contributed by atoms with Crippen molar-refractivity contribution in [2.75, 3.05) is 5.32 Å². The van der Waals surface area contributed by atoms with Gasteiger partial charge in [-0.1, -0.05) is 43.1 Å². The zero-order valence-corrected chi connectivity index (χ0v) is 18.4. The molecule has 0 saturated carbocycles. The van der Waals surface area contributed by atoms with Gasteiger partial charge in [0.1, 0.15) is 17.1 Å². The number of hydrogen-bond acceptors (Lipinski definition) is 3. The maximum atomic E-state index is 13.1. The number of halogens is 1. The van der Waals surface area contributed by atoms with Gasteiger partial charge in [0.05, 0.1) is 0 Å². The molecule has 0 radical (unpaired) electrons. The van der Waals surface area contributed by atoms with Gasteiger partial charge in [0.15, 0.2) is 0 Å². The number of carbonyl (C=O) groups is 1. The Balaban J connectivity index is 2.54. The van der Waals surface area contributed by atoms with Gasteiger partial charge in [0.2, 0.25) is 5.43 Å². The van der Waals surface area contributed by atoms with E-state index in [1.54, 1.807) is 13.8 Å². The molecule has 2 rings (SSSR count). The lowest BCUT2D eigenvalue weighted by Gasteiger charge is -2.17. The topological polar surface area (TPSA) is 59.3 Å². The summed E-state index contributed by atoms with van der Waals surface area (Å²) in [6.45, 7) is 9.65. The molecule has 0 atom stereocenters. The number of unbranched alkanes of at least 4 members (excludes halogenated alkanes) is 1. The third kappa shape index (κ3) is 4.70. The molecule has 0 fully saturated rings. The van der Waals surface area contributed by atoms with E-state index in [1.165, 1.54) is 0 Å². The number of rotatable bonds is 7. The molecular weight excluding hydrogens is 406 g/mol. The van der Waals surface area contributed by atoms with Gasteiger partial charge in [0.25, 0.3) is 5.91 Å². The van der Waals surface area contributed by atoms with E-state index in [9.17, 15) is 9.59 Å². The lowest BCUT2D eigenvalue weighted by atomic mass is 10.0. The number of anilines is 1. The largest absolute Gasteiger partial charge is 0.465 e. The maximum Gasteiger partial charge on any atom is 0.263 e. The standard InChI is InChI=1S/C22H28BrNO3/c1-6-9-10-18-19(21(25)13(4)14(5)27-18)22(26)24-20-15(7-2)11-17(23)12-16(20)8-3/h11-12H,6-10H2,1-5H3,(H,24,26). The summed E-state index contributed by atoms with van der Waals surface area (Å²) in [6.07, 6.45) is 3.98. The number of carbonyl (C=O) groups excluding carboxylic acids is 1. The normalized spacial score (nSPS) is 10.9. The van der Waals surface area contributed by atoms with Crippen LogP contribution in [0.3, 0.4) is 0 Å². The highest BCUT2D eigenvalue weighted by atomic mass is 79.9. The molecule has 0 bridgehead atoms. The Kier molecular flexibility index (Phi) is 7.42. The molecule has 1 heterocycles. The van der Waals surface area contributed by atoms with E-state index in [4.69, 9.17) is 4.42 Å². The van der Waals surface area contributed by atoms with Crippen molar-refractivity contribution in [3.05, 3.63) is 60.6 Å². The second-order valence-corrected chi connectivity index (χ2v) is 7.69. The van der Waals surface area contributed by atoms with Crippen molar-refractivity contribution in [2.24, 2.45) is 0 Å². The van der Waals surface area contributed by atoms with Crippen LogP contribution in [0, 0.1) is 13.8 Å². The van der Waals surface area contributed by atoms with Crippen LogP contribution in [-0.4, -0.2) is 5.91 Å². The molecule has 0 aliphatic rings. The highest BCUT2D eigenvalue weighted by Crippen LogP contribution is 2.28. The Morgan fingerprint density at radius 1 is 1.11 bits per heavy atom. The van der Waals surface area contributed by atoms with Gasteiger partial charge in [0, 0.05) is 22.1 Å². The van der Waals surface area contributed by atoms with Crippen LogP contribution in [0.25, 0.3) is 0 Å². The minimum atomic E-state index is -0.385. The van der Waals surface area contributed by atoms with Crippen molar-refractivity contribution in [3.63, 3.8) is 0 Å². The van der Waals surface area contributed by atoms with Crippen molar-refractivity contribution in [1.82, 2.24) is 0 Å². The molecule has 1 aromatic heterocycles. The Morgan fingerprint density at radius 3 is 2.22 bits per heavy atom. The minimum absolute atomic E-state index is 0.138. The Hall–Kier alpha value is -1.88. The Bertz CT molecular complexity index is 874. The number of amides is 1. The van der Waals surface area contributed by atoms with Gasteiger partial charge in [-0.2, -0.15) is 0 Å². The van der Waals surface area contributed by atoms with Crippen LogP contribution in [-0.2, 0) is 19.3 Å². The third-order valence-electron chi connectivity index (χ3n) is 4.90. The fourth-order valence-electron chi connectivity index (χ4n) is 3.15. The molecule has 2 aromatic rings. The van der Waals surface area contributed by atoms with Crippen molar-refractivity contribution in [2.45, 2.75) is 66.7 Å². The third-order valence-corrected chi connectivity index (χ3v) is 5.36. The summed E-state index contributed by atoms with van der Waals surface area (Å²) in [7, 11) is 0. The molecule has 146 valence electrons. The van der Waals surface area contributed by atoms with Crippen molar-refractivity contribution < 1.29 is 9.21 Å². The van der Waals surface area contributed by atoms with Gasteiger partial charge < -0.3 is 9.73 Å². The first kappa shape index (κ1) is 21.4. The summed E-state index contributed by atoms with van der Waals surface area (Å²) < 4.78 is 6.83. The first-order chi connectivity index (χ1) is 12.8. The van der Waals surface area contributed by atoms with E-state index < -0.39 is 0 Å². The van der Waals surface area contributed by atoms with E-state index in [1.807, 2.05) is 26.0 Å². The number of aryl methyl sites for hydroxylation is 4. The van der Waals surface area contributed by atoms with Crippen LogP contribution < -0.4 is 10.7 Å². The number of hydrogen-bond donors (Lipinski definition) is 1. The van der Waals surface area contributed by atoms with Crippen molar-refractivity contribution in [1.29, 1.82) is 0 Å². The quantitative estimate of drug-likeness (QED) is 0.605. The van der Waals surface area contributed by atoms with Gasteiger partial charge >= 0.3 is 0 Å². The Morgan fingerprint density at radius 2 is 1.70 bits per heavy atom. The lowest BCUT2D eigenvalue weighted by molar-refractivity contribution is 0.102. The van der Waals surface area contributed by atoms with E-state index in [0.717, 1.165) is 47.0 Å². The molecule has 5 heteroatoms. The van der Waals surface area contributed by atoms with Crippen LogP contribution in [0.15, 0.2) is 25.8 Å². The molecule has 1 amide bonds. The summed E-state index contributed by atoms with van der Waals surface area (Å²) >= 11 is 3.53. The summed E-state index contributed by atoms with van der Waals surface area (Å²) in [5.41, 5.74) is 3.26. The summed E-state index contributed by atoms with van der Waals surface area (Å²) in [4.78, 5) is 26.0. The smallest absolute Gasteiger partial charge is 0.263 e. The first-order valence-electron chi connectivity index (χ1n) is 9.59. The average molecular weight is 434 g/mol. The zero-order chi connectivity index (χ0) is 20.1. The SMILES string of the molecule is CCCCc1oc(C)c(C)c(=O)c1C(=O)Nc1c(CC)cc(Br)cc1CC. The Labute approximate surface area is 169 Å². The van der Waals surface area contributed by atoms with E-state index in [2.05, 4.69) is 28.2 Å². The summed E-state index contributed by atoms with van der Waals surface area (Å²) in [5.74, 6) is 0.676. The fraction of sp³-hybridized carbons (Fsp3) is 0.455. The monoisotopic (exact) mass is 433 g/mol. The second-order valence-electron chi connectivity index (χ2n) is 6.77. The van der Waals surface area contributed by atoms with Crippen LogP contribution in [0.2, 0.25) is 0 Å².